The number of hydrogen-bond donors (Lipinski definition) is 2. The normalized spacial score (nSPS) is 16.1. The van der Waals surface area contributed by atoms with Crippen molar-refractivity contribution in [1.29, 1.82) is 0 Å². The fraction of sp³-hybridized carbons (Fsp3) is 0.500. The van der Waals surface area contributed by atoms with Gasteiger partial charge in [0.2, 0.25) is 11.2 Å². The van der Waals surface area contributed by atoms with Gasteiger partial charge < -0.3 is 10.4 Å². The zero-order valence-corrected chi connectivity index (χ0v) is 11.6. The molecule has 2 aromatic rings. The Balaban J connectivity index is 1.74. The van der Waals surface area contributed by atoms with Gasteiger partial charge >= 0.3 is 0 Å². The lowest BCUT2D eigenvalue weighted by Crippen LogP contribution is -2.19. The molecule has 0 amide bonds. The Morgan fingerprint density at radius 2 is 2.20 bits per heavy atom. The first-order chi connectivity index (χ1) is 9.71. The molecule has 106 valence electrons. The SMILES string of the molecule is OCCC1(CNc2nc(Cl)nc(-n3cccn3)n2)CC1. The van der Waals surface area contributed by atoms with E-state index in [-0.39, 0.29) is 17.3 Å². The smallest absolute Gasteiger partial charge is 0.256 e. The monoisotopic (exact) mass is 294 g/mol. The van der Waals surface area contributed by atoms with Gasteiger partial charge in [-0.05, 0) is 42.3 Å². The molecule has 0 radical (unpaired) electrons. The van der Waals surface area contributed by atoms with Crippen molar-refractivity contribution in [2.24, 2.45) is 5.41 Å². The van der Waals surface area contributed by atoms with Crippen molar-refractivity contribution >= 4 is 17.5 Å². The molecule has 0 aromatic carbocycles. The number of aliphatic hydroxyl groups excluding tert-OH is 1. The summed E-state index contributed by atoms with van der Waals surface area (Å²) < 4.78 is 1.53. The van der Waals surface area contributed by atoms with Crippen molar-refractivity contribution in [2.45, 2.75) is 19.3 Å². The van der Waals surface area contributed by atoms with Crippen molar-refractivity contribution in [3.8, 4) is 5.95 Å². The molecule has 3 rings (SSSR count). The second-order valence-electron chi connectivity index (χ2n) is 5.01. The number of hydrogen-bond acceptors (Lipinski definition) is 6. The Morgan fingerprint density at radius 3 is 2.85 bits per heavy atom. The quantitative estimate of drug-likeness (QED) is 0.834. The summed E-state index contributed by atoms with van der Waals surface area (Å²) >= 11 is 5.91. The van der Waals surface area contributed by atoms with E-state index in [0.717, 1.165) is 25.8 Å². The van der Waals surface area contributed by atoms with Gasteiger partial charge in [0.15, 0.2) is 0 Å². The average molecular weight is 295 g/mol. The molecule has 8 heteroatoms. The predicted molar refractivity (Wildman–Crippen MR) is 73.8 cm³/mol. The fourth-order valence-electron chi connectivity index (χ4n) is 2.10. The number of halogens is 1. The summed E-state index contributed by atoms with van der Waals surface area (Å²) in [5.41, 5.74) is 0.180. The third kappa shape index (κ3) is 2.88. The summed E-state index contributed by atoms with van der Waals surface area (Å²) in [4.78, 5) is 12.4. The zero-order chi connectivity index (χ0) is 14.0. The van der Waals surface area contributed by atoms with Crippen LogP contribution in [0.1, 0.15) is 19.3 Å². The van der Waals surface area contributed by atoms with Crippen LogP contribution < -0.4 is 5.32 Å². The van der Waals surface area contributed by atoms with Crippen LogP contribution in [0.5, 0.6) is 0 Å². The Bertz CT molecular complexity index is 584. The Morgan fingerprint density at radius 1 is 1.35 bits per heavy atom. The summed E-state index contributed by atoms with van der Waals surface area (Å²) in [6.07, 6.45) is 6.41. The molecule has 0 spiro atoms. The second kappa shape index (κ2) is 5.34. The van der Waals surface area contributed by atoms with Crippen molar-refractivity contribution in [3.05, 3.63) is 23.7 Å². The molecular weight excluding hydrogens is 280 g/mol. The van der Waals surface area contributed by atoms with Gasteiger partial charge in [0.1, 0.15) is 0 Å². The molecular formula is C12H15ClN6O. The van der Waals surface area contributed by atoms with Gasteiger partial charge in [-0.2, -0.15) is 20.1 Å². The van der Waals surface area contributed by atoms with Crippen LogP contribution in [0.25, 0.3) is 5.95 Å². The largest absolute Gasteiger partial charge is 0.396 e. The van der Waals surface area contributed by atoms with E-state index in [1.54, 1.807) is 18.5 Å². The van der Waals surface area contributed by atoms with E-state index in [1.165, 1.54) is 4.68 Å². The molecule has 20 heavy (non-hydrogen) atoms. The van der Waals surface area contributed by atoms with Crippen LogP contribution in [-0.4, -0.2) is 43.0 Å². The molecule has 2 aromatic heterocycles. The lowest BCUT2D eigenvalue weighted by Gasteiger charge is -2.14. The molecule has 0 saturated heterocycles. The third-order valence-electron chi connectivity index (χ3n) is 3.53. The van der Waals surface area contributed by atoms with Gasteiger partial charge in [0.25, 0.3) is 5.95 Å². The molecule has 1 aliphatic rings. The maximum atomic E-state index is 9.05. The van der Waals surface area contributed by atoms with E-state index in [9.17, 15) is 0 Å². The standard InChI is InChI=1S/C12H15ClN6O/c13-9-16-10(14-8-12(2-3-12)4-7-20)18-11(17-9)19-6-1-5-15-19/h1,5-6,20H,2-4,7-8H2,(H,14,16,17,18). The highest BCUT2D eigenvalue weighted by molar-refractivity contribution is 6.28. The lowest BCUT2D eigenvalue weighted by atomic mass is 10.0. The number of nitrogens with one attached hydrogen (secondary N) is 1. The first kappa shape index (κ1) is 13.3. The molecule has 2 N–H and O–H groups in total. The molecule has 0 atom stereocenters. The second-order valence-corrected chi connectivity index (χ2v) is 5.34. The van der Waals surface area contributed by atoms with E-state index < -0.39 is 0 Å². The van der Waals surface area contributed by atoms with Gasteiger partial charge in [-0.25, -0.2) is 4.68 Å². The molecule has 1 aliphatic carbocycles. The predicted octanol–water partition coefficient (Wildman–Crippen LogP) is 1.29. The van der Waals surface area contributed by atoms with Crippen molar-refractivity contribution < 1.29 is 5.11 Å². The number of aromatic nitrogens is 5. The van der Waals surface area contributed by atoms with Gasteiger partial charge in [-0.3, -0.25) is 0 Å². The van der Waals surface area contributed by atoms with Crippen LogP contribution in [-0.2, 0) is 0 Å². The summed E-state index contributed by atoms with van der Waals surface area (Å²) in [5, 5.41) is 16.4. The van der Waals surface area contributed by atoms with Crippen LogP contribution in [0.2, 0.25) is 5.28 Å². The van der Waals surface area contributed by atoms with E-state index in [4.69, 9.17) is 16.7 Å². The van der Waals surface area contributed by atoms with Crippen LogP contribution in [0.15, 0.2) is 18.5 Å². The third-order valence-corrected chi connectivity index (χ3v) is 3.70. The van der Waals surface area contributed by atoms with E-state index in [2.05, 4.69) is 25.4 Å². The molecule has 1 saturated carbocycles. The van der Waals surface area contributed by atoms with Crippen LogP contribution in [0.3, 0.4) is 0 Å². The minimum absolute atomic E-state index is 0.125. The highest BCUT2D eigenvalue weighted by atomic mass is 35.5. The highest BCUT2D eigenvalue weighted by Crippen LogP contribution is 2.48. The topological polar surface area (TPSA) is 88.8 Å². The summed E-state index contributed by atoms with van der Waals surface area (Å²) in [7, 11) is 0. The zero-order valence-electron chi connectivity index (χ0n) is 10.8. The van der Waals surface area contributed by atoms with Gasteiger partial charge in [-0.1, -0.05) is 0 Å². The van der Waals surface area contributed by atoms with Gasteiger partial charge in [0, 0.05) is 25.5 Å². The molecule has 2 heterocycles. The minimum Gasteiger partial charge on any atom is -0.396 e. The minimum atomic E-state index is 0.125. The molecule has 1 fully saturated rings. The fourth-order valence-corrected chi connectivity index (χ4v) is 2.26. The number of rotatable bonds is 6. The van der Waals surface area contributed by atoms with Gasteiger partial charge in [0.05, 0.1) is 0 Å². The Labute approximate surface area is 121 Å². The van der Waals surface area contributed by atoms with Crippen molar-refractivity contribution in [2.75, 3.05) is 18.5 Å². The number of aliphatic hydroxyl groups is 1. The molecule has 0 bridgehead atoms. The molecule has 7 nitrogen and oxygen atoms in total. The Hall–Kier alpha value is -1.73. The van der Waals surface area contributed by atoms with Gasteiger partial charge in [-0.15, -0.1) is 0 Å². The number of nitrogens with zero attached hydrogens (tertiary/aromatic N) is 5. The number of anilines is 1. The van der Waals surface area contributed by atoms with Crippen molar-refractivity contribution in [1.82, 2.24) is 24.7 Å². The van der Waals surface area contributed by atoms with Crippen LogP contribution in [0.4, 0.5) is 5.95 Å². The summed E-state index contributed by atoms with van der Waals surface area (Å²) in [6.45, 7) is 0.935. The maximum Gasteiger partial charge on any atom is 0.256 e. The summed E-state index contributed by atoms with van der Waals surface area (Å²) in [5.74, 6) is 0.809. The highest BCUT2D eigenvalue weighted by Gasteiger charge is 2.41. The maximum absolute atomic E-state index is 9.05. The van der Waals surface area contributed by atoms with E-state index in [0.29, 0.717) is 11.9 Å². The average Bonchev–Trinajstić information content (AvgIpc) is 2.99. The first-order valence-electron chi connectivity index (χ1n) is 6.47. The molecule has 0 unspecified atom stereocenters. The molecule has 0 aliphatic heterocycles. The van der Waals surface area contributed by atoms with Crippen molar-refractivity contribution in [3.63, 3.8) is 0 Å². The lowest BCUT2D eigenvalue weighted by molar-refractivity contribution is 0.253. The van der Waals surface area contributed by atoms with E-state index >= 15 is 0 Å². The van der Waals surface area contributed by atoms with E-state index in [1.807, 2.05) is 0 Å². The first-order valence-corrected chi connectivity index (χ1v) is 6.85. The summed E-state index contributed by atoms with van der Waals surface area (Å²) in [6, 6.07) is 1.78. The Kier molecular flexibility index (Phi) is 3.54. The van der Waals surface area contributed by atoms with Crippen LogP contribution >= 0.6 is 11.6 Å². The van der Waals surface area contributed by atoms with Crippen LogP contribution in [0, 0.1) is 5.41 Å².